The second-order valence-electron chi connectivity index (χ2n) is 22.6. The molecule has 2 aliphatic carbocycles. The van der Waals surface area contributed by atoms with E-state index in [2.05, 4.69) is 37.2 Å². The van der Waals surface area contributed by atoms with E-state index in [0.29, 0.717) is 70.9 Å². The number of rotatable bonds is 19. The first-order chi connectivity index (χ1) is 34.0. The smallest absolute Gasteiger partial charge is 0.246 e. The molecule has 7 N–H and O–H groups in total. The molecule has 17 nitrogen and oxygen atoms in total. The Labute approximate surface area is 450 Å². The normalized spacial score (nSPS) is 22.6. The number of benzene rings is 2. The molecule has 1 unspecified atom stereocenters. The topological polar surface area (TPSA) is 227 Å². The third kappa shape index (κ3) is 14.8. The van der Waals surface area contributed by atoms with E-state index in [4.69, 9.17) is 0 Å². The molecule has 2 saturated heterocycles. The number of hydrogen-bond donors (Lipinski definition) is 7. The van der Waals surface area contributed by atoms with Crippen LogP contribution in [0.25, 0.3) is 0 Å². The molecule has 6 rings (SSSR count). The molecule has 8 amide bonds. The van der Waals surface area contributed by atoms with Gasteiger partial charge in [-0.15, -0.1) is 24.8 Å². The van der Waals surface area contributed by atoms with Crippen LogP contribution in [0.15, 0.2) is 48.5 Å². The molecule has 2 fully saturated rings. The lowest BCUT2D eigenvalue weighted by Gasteiger charge is -2.36. The molecule has 19 heteroatoms. The summed E-state index contributed by atoms with van der Waals surface area (Å²) in [7, 11) is 1.68. The van der Waals surface area contributed by atoms with Gasteiger partial charge in [0.25, 0.3) is 0 Å². The fourth-order valence-corrected chi connectivity index (χ4v) is 10.5. The third-order valence-corrected chi connectivity index (χ3v) is 15.2. The third-order valence-electron chi connectivity index (χ3n) is 15.2. The van der Waals surface area contributed by atoms with E-state index >= 15 is 0 Å². The molecule has 4 aliphatic rings. The van der Waals surface area contributed by atoms with Gasteiger partial charge in [0.05, 0.1) is 30.2 Å². The number of hydrogen-bond acceptors (Lipinski definition) is 9. The van der Waals surface area contributed by atoms with Crippen molar-refractivity contribution in [2.45, 2.75) is 187 Å². The average molecular weight is 1070 g/mol. The maximum Gasteiger partial charge on any atom is 0.246 e. The predicted octanol–water partition coefficient (Wildman–Crippen LogP) is 4.89. The minimum atomic E-state index is -0.846. The molecule has 0 radical (unpaired) electrons. The Kier molecular flexibility index (Phi) is 21.9. The summed E-state index contributed by atoms with van der Waals surface area (Å²) in [5.41, 5.74) is 2.62. The van der Waals surface area contributed by atoms with Gasteiger partial charge in [0.1, 0.15) is 24.2 Å². The molecule has 10 atom stereocenters. The highest BCUT2D eigenvalue weighted by atomic mass is 35.5. The Morgan fingerprint density at radius 1 is 0.595 bits per heavy atom. The van der Waals surface area contributed by atoms with Crippen molar-refractivity contribution in [3.63, 3.8) is 0 Å². The van der Waals surface area contributed by atoms with E-state index < -0.39 is 65.2 Å². The molecule has 0 saturated carbocycles. The van der Waals surface area contributed by atoms with E-state index in [9.17, 15) is 38.4 Å². The van der Waals surface area contributed by atoms with Gasteiger partial charge in [-0.3, -0.25) is 38.4 Å². The Bertz CT molecular complexity index is 2180. The van der Waals surface area contributed by atoms with Gasteiger partial charge in [-0.05, 0) is 105 Å². The summed E-state index contributed by atoms with van der Waals surface area (Å²) in [4.78, 5) is 113. The Morgan fingerprint density at radius 2 is 0.986 bits per heavy atom. The molecule has 74 heavy (non-hydrogen) atoms. The van der Waals surface area contributed by atoms with Crippen LogP contribution in [-0.4, -0.2) is 119 Å². The van der Waals surface area contributed by atoms with Gasteiger partial charge < -0.3 is 47.0 Å². The fourth-order valence-electron chi connectivity index (χ4n) is 10.5. The first kappa shape index (κ1) is 61.3. The van der Waals surface area contributed by atoms with Crippen molar-refractivity contribution in [1.82, 2.24) is 47.0 Å². The summed E-state index contributed by atoms with van der Waals surface area (Å²) in [6.45, 7) is 17.6. The Balaban J connectivity index is 0.00000593. The van der Waals surface area contributed by atoms with E-state index in [1.54, 1.807) is 23.8 Å². The highest BCUT2D eigenvalue weighted by molar-refractivity contribution is 5.95. The number of carbonyl (C=O) groups excluding carboxylic acids is 8. The predicted molar refractivity (Wildman–Crippen MR) is 289 cm³/mol. The van der Waals surface area contributed by atoms with Crippen LogP contribution in [0, 0.1) is 16.7 Å². The second-order valence-corrected chi connectivity index (χ2v) is 22.6. The van der Waals surface area contributed by atoms with Crippen LogP contribution < -0.4 is 37.2 Å². The zero-order valence-electron chi connectivity index (χ0n) is 45.1. The van der Waals surface area contributed by atoms with E-state index in [1.165, 1.54) is 0 Å². The molecule has 2 aliphatic heterocycles. The average Bonchev–Trinajstić information content (AvgIpc) is 4.16. The van der Waals surface area contributed by atoms with Crippen LogP contribution in [0.1, 0.15) is 154 Å². The summed E-state index contributed by atoms with van der Waals surface area (Å²) < 4.78 is 0. The van der Waals surface area contributed by atoms with Crippen molar-refractivity contribution >= 4 is 72.1 Å². The quantitative estimate of drug-likeness (QED) is 0.0951. The van der Waals surface area contributed by atoms with Crippen molar-refractivity contribution in [2.75, 3.05) is 20.1 Å². The summed E-state index contributed by atoms with van der Waals surface area (Å²) in [6.07, 6.45) is 5.11. The number of amides is 8. The van der Waals surface area contributed by atoms with E-state index in [0.717, 1.165) is 22.3 Å². The zero-order chi connectivity index (χ0) is 52.7. The number of halogens is 2. The molecule has 410 valence electrons. The van der Waals surface area contributed by atoms with Crippen LogP contribution in [0.2, 0.25) is 0 Å². The summed E-state index contributed by atoms with van der Waals surface area (Å²) in [5, 5.41) is 21.5. The zero-order valence-corrected chi connectivity index (χ0v) is 46.7. The minimum Gasteiger partial charge on any atom is -0.351 e. The van der Waals surface area contributed by atoms with Gasteiger partial charge in [0.15, 0.2) is 0 Å². The maximum atomic E-state index is 14.2. The lowest BCUT2D eigenvalue weighted by molar-refractivity contribution is -0.144. The van der Waals surface area contributed by atoms with Crippen LogP contribution >= 0.6 is 24.8 Å². The number of fused-ring (bicyclic) bond motifs is 2. The fraction of sp³-hybridized carbons (Fsp3) is 0.636. The monoisotopic (exact) mass is 1070 g/mol. The molecule has 0 aromatic heterocycles. The number of likely N-dealkylation sites (tertiary alicyclic amines) is 2. The highest BCUT2D eigenvalue weighted by Gasteiger charge is 2.46. The molecular weight excluding hydrogens is 986 g/mol. The van der Waals surface area contributed by atoms with Crippen LogP contribution in [0.4, 0.5) is 0 Å². The van der Waals surface area contributed by atoms with Gasteiger partial charge in [0.2, 0.25) is 47.3 Å². The SMILES string of the molecule is CC[C@@H](C)C(=O)N[C@H](C(=O)N1CCCC1C(=O)N[C@H]1c2ccccc2C[C@@H]1NC(=O)CCCCC(=O)N[C@H]1Cc2ccccc2[C@@H]1NC(=O)[C@@H]1CCCN1C(=O)[C@@H](NC(=O)[C@H](C)NC)C(C)(C)C)C(C)(C)C.Cl.Cl. The number of unbranched alkanes of at least 4 members (excludes halogenated alkanes) is 1. The van der Waals surface area contributed by atoms with E-state index in [-0.39, 0.29) is 90.8 Å². The molecular formula is C55H83Cl2N9O8. The first-order valence-corrected chi connectivity index (χ1v) is 26.3. The van der Waals surface area contributed by atoms with Gasteiger partial charge in [0, 0.05) is 31.8 Å². The van der Waals surface area contributed by atoms with Gasteiger partial charge in [-0.25, -0.2) is 0 Å². The molecule has 2 heterocycles. The number of nitrogens with zero attached hydrogens (tertiary/aromatic N) is 2. The molecule has 0 bridgehead atoms. The van der Waals surface area contributed by atoms with Crippen molar-refractivity contribution in [1.29, 1.82) is 0 Å². The van der Waals surface area contributed by atoms with Gasteiger partial charge in [-0.1, -0.05) is 104 Å². The van der Waals surface area contributed by atoms with Crippen LogP contribution in [0.3, 0.4) is 0 Å². The van der Waals surface area contributed by atoms with Crippen molar-refractivity contribution in [3.8, 4) is 0 Å². The minimum absolute atomic E-state index is 0. The molecule has 0 spiro atoms. The van der Waals surface area contributed by atoms with Crippen molar-refractivity contribution in [3.05, 3.63) is 70.8 Å². The summed E-state index contributed by atoms with van der Waals surface area (Å²) in [5.74, 6) is -2.36. The molecule has 2 aromatic carbocycles. The van der Waals surface area contributed by atoms with Gasteiger partial charge >= 0.3 is 0 Å². The standard InChI is InChI=1S/C55H81N9O8.2ClH/c1-11-32(2)48(67)61-46(54(4,5)6)52(71)63-28-18-24-40(63)50(69)59-44-36-22-14-12-20-34(36)30-38(44)57-42(65)26-16-17-27-43(66)58-39-31-35-21-13-15-23-37(35)45(39)60-51(70)41-25-19-29-64(41)53(72)47(55(7,8)9)62-49(68)33(3)56-10;;/h12-15,20-23,32-33,38-41,44-47,56H,11,16-19,24-31H2,1-10H3,(H,57,65)(H,58,66)(H,59,69)(H,60,70)(H,61,67)(H,62,68);2*1H/t32-,33+,38+,39+,40?,41+,44+,45+,46-,47-;;/m1../s1. The first-order valence-electron chi connectivity index (χ1n) is 26.3. The Hall–Kier alpha value is -5.26. The van der Waals surface area contributed by atoms with E-state index in [1.807, 2.05) is 104 Å². The van der Waals surface area contributed by atoms with Crippen LogP contribution in [-0.2, 0) is 51.2 Å². The maximum absolute atomic E-state index is 14.2. The largest absolute Gasteiger partial charge is 0.351 e. The van der Waals surface area contributed by atoms with Crippen molar-refractivity contribution in [2.24, 2.45) is 16.7 Å². The summed E-state index contributed by atoms with van der Waals surface area (Å²) in [6, 6.07) is 9.98. The van der Waals surface area contributed by atoms with Crippen molar-refractivity contribution < 1.29 is 38.4 Å². The second kappa shape index (κ2) is 26.5. The summed E-state index contributed by atoms with van der Waals surface area (Å²) >= 11 is 0. The lowest BCUT2D eigenvalue weighted by Crippen LogP contribution is -2.59. The number of nitrogens with one attached hydrogen (secondary N) is 7. The number of carbonyl (C=O) groups is 8. The molecule has 2 aromatic rings. The number of likely N-dealkylation sites (N-methyl/N-ethyl adjacent to an activating group) is 1. The van der Waals surface area contributed by atoms with Crippen LogP contribution in [0.5, 0.6) is 0 Å². The van der Waals surface area contributed by atoms with Gasteiger partial charge in [-0.2, -0.15) is 0 Å². The Morgan fingerprint density at radius 3 is 1.36 bits per heavy atom. The lowest BCUT2D eigenvalue weighted by atomic mass is 9.85. The highest BCUT2D eigenvalue weighted by Crippen LogP contribution is 2.35.